The maximum atomic E-state index is 13.0. The molecule has 0 atom stereocenters. The van der Waals surface area contributed by atoms with Gasteiger partial charge in [0.2, 0.25) is 0 Å². The zero-order valence-corrected chi connectivity index (χ0v) is 11.8. The summed E-state index contributed by atoms with van der Waals surface area (Å²) in [6.45, 7) is 3.46. The predicted octanol–water partition coefficient (Wildman–Crippen LogP) is 4.19. The van der Waals surface area contributed by atoms with Crippen LogP contribution in [0.3, 0.4) is 0 Å². The molecule has 0 fully saturated rings. The minimum Gasteiger partial charge on any atom is -0.309 e. The number of nitrogens with one attached hydrogen (secondary N) is 1. The van der Waals surface area contributed by atoms with Crippen LogP contribution >= 0.6 is 15.9 Å². The predicted molar refractivity (Wildman–Crippen MR) is 75.8 cm³/mol. The zero-order chi connectivity index (χ0) is 13.0. The SMILES string of the molecule is Cc1cc(F)ccc1CNCc1ccccc1Br. The van der Waals surface area contributed by atoms with Gasteiger partial charge in [0.15, 0.2) is 0 Å². The van der Waals surface area contributed by atoms with Gasteiger partial charge in [-0.1, -0.05) is 40.2 Å². The molecule has 18 heavy (non-hydrogen) atoms. The Kier molecular flexibility index (Phi) is 4.50. The number of aryl methyl sites for hydroxylation is 1. The van der Waals surface area contributed by atoms with Crippen molar-refractivity contribution in [1.82, 2.24) is 5.32 Å². The van der Waals surface area contributed by atoms with E-state index in [-0.39, 0.29) is 5.82 Å². The normalized spacial score (nSPS) is 10.6. The van der Waals surface area contributed by atoms with Gasteiger partial charge in [-0.3, -0.25) is 0 Å². The summed E-state index contributed by atoms with van der Waals surface area (Å²) >= 11 is 3.52. The van der Waals surface area contributed by atoms with E-state index in [9.17, 15) is 4.39 Å². The van der Waals surface area contributed by atoms with Crippen LogP contribution in [0.25, 0.3) is 0 Å². The van der Waals surface area contributed by atoms with E-state index < -0.39 is 0 Å². The molecule has 0 unspecified atom stereocenters. The van der Waals surface area contributed by atoms with Crippen LogP contribution in [0, 0.1) is 12.7 Å². The fraction of sp³-hybridized carbons (Fsp3) is 0.200. The lowest BCUT2D eigenvalue weighted by atomic mass is 10.1. The van der Waals surface area contributed by atoms with E-state index in [0.29, 0.717) is 0 Å². The number of benzene rings is 2. The number of hydrogen-bond donors (Lipinski definition) is 1. The second kappa shape index (κ2) is 6.12. The van der Waals surface area contributed by atoms with Crippen molar-refractivity contribution in [3.8, 4) is 0 Å². The van der Waals surface area contributed by atoms with E-state index in [4.69, 9.17) is 0 Å². The molecule has 0 heterocycles. The van der Waals surface area contributed by atoms with Gasteiger partial charge in [0, 0.05) is 17.6 Å². The Morgan fingerprint density at radius 1 is 1.06 bits per heavy atom. The molecule has 0 bridgehead atoms. The molecule has 0 saturated carbocycles. The van der Waals surface area contributed by atoms with Gasteiger partial charge >= 0.3 is 0 Å². The summed E-state index contributed by atoms with van der Waals surface area (Å²) in [5.41, 5.74) is 3.33. The Morgan fingerprint density at radius 2 is 1.78 bits per heavy atom. The molecule has 0 radical (unpaired) electrons. The largest absolute Gasteiger partial charge is 0.309 e. The van der Waals surface area contributed by atoms with Crippen LogP contribution in [-0.2, 0) is 13.1 Å². The van der Waals surface area contributed by atoms with Crippen LogP contribution in [0.15, 0.2) is 46.9 Å². The molecule has 0 saturated heterocycles. The molecule has 2 rings (SSSR count). The fourth-order valence-electron chi connectivity index (χ4n) is 1.83. The van der Waals surface area contributed by atoms with Gasteiger partial charge in [0.1, 0.15) is 5.82 Å². The molecule has 0 aliphatic heterocycles. The molecule has 1 nitrogen and oxygen atoms in total. The fourth-order valence-corrected chi connectivity index (χ4v) is 2.26. The summed E-state index contributed by atoms with van der Waals surface area (Å²) in [5, 5.41) is 3.37. The molecular formula is C15H15BrFN. The molecule has 0 spiro atoms. The highest BCUT2D eigenvalue weighted by molar-refractivity contribution is 9.10. The summed E-state index contributed by atoms with van der Waals surface area (Å²) in [5.74, 6) is -0.179. The second-order valence-corrected chi connectivity index (χ2v) is 5.12. The summed E-state index contributed by atoms with van der Waals surface area (Å²) < 4.78 is 14.1. The van der Waals surface area contributed by atoms with Gasteiger partial charge in [-0.05, 0) is 41.8 Å². The van der Waals surface area contributed by atoms with E-state index in [1.807, 2.05) is 31.2 Å². The standard InChI is InChI=1S/C15H15BrFN/c1-11-8-14(17)7-6-12(11)9-18-10-13-4-2-3-5-15(13)16/h2-8,18H,9-10H2,1H3. The lowest BCUT2D eigenvalue weighted by Crippen LogP contribution is -2.13. The van der Waals surface area contributed by atoms with Gasteiger partial charge < -0.3 is 5.32 Å². The van der Waals surface area contributed by atoms with E-state index in [1.165, 1.54) is 11.6 Å². The van der Waals surface area contributed by atoms with Gasteiger partial charge in [-0.2, -0.15) is 0 Å². The Balaban J connectivity index is 1.95. The summed E-state index contributed by atoms with van der Waals surface area (Å²) in [6.07, 6.45) is 0. The maximum Gasteiger partial charge on any atom is 0.123 e. The van der Waals surface area contributed by atoms with Gasteiger partial charge in [0.05, 0.1) is 0 Å². The highest BCUT2D eigenvalue weighted by Crippen LogP contribution is 2.16. The first-order valence-corrected chi connectivity index (χ1v) is 6.65. The van der Waals surface area contributed by atoms with Crippen LogP contribution in [0.2, 0.25) is 0 Å². The maximum absolute atomic E-state index is 13.0. The molecule has 0 aliphatic rings. The minimum absolute atomic E-state index is 0.179. The van der Waals surface area contributed by atoms with E-state index in [2.05, 4.69) is 27.3 Å². The monoisotopic (exact) mass is 307 g/mol. The van der Waals surface area contributed by atoms with Crippen LogP contribution in [0.4, 0.5) is 4.39 Å². The molecule has 3 heteroatoms. The Hall–Kier alpha value is -1.19. The first-order chi connectivity index (χ1) is 8.66. The molecule has 1 N–H and O–H groups in total. The highest BCUT2D eigenvalue weighted by Gasteiger charge is 2.01. The Labute approximate surface area is 115 Å². The van der Waals surface area contributed by atoms with Crippen molar-refractivity contribution < 1.29 is 4.39 Å². The molecule has 0 amide bonds. The average Bonchev–Trinajstić information content (AvgIpc) is 2.34. The molecule has 2 aromatic carbocycles. The van der Waals surface area contributed by atoms with E-state index >= 15 is 0 Å². The van der Waals surface area contributed by atoms with Crippen LogP contribution in [0.5, 0.6) is 0 Å². The Morgan fingerprint density at radius 3 is 2.50 bits per heavy atom. The molecule has 2 aromatic rings. The second-order valence-electron chi connectivity index (χ2n) is 4.27. The van der Waals surface area contributed by atoms with Crippen LogP contribution < -0.4 is 5.32 Å². The number of halogens is 2. The van der Waals surface area contributed by atoms with Crippen molar-refractivity contribution in [2.24, 2.45) is 0 Å². The lowest BCUT2D eigenvalue weighted by Gasteiger charge is -2.09. The average molecular weight is 308 g/mol. The molecule has 0 aliphatic carbocycles. The van der Waals surface area contributed by atoms with Crippen molar-refractivity contribution in [3.63, 3.8) is 0 Å². The van der Waals surface area contributed by atoms with Crippen molar-refractivity contribution in [1.29, 1.82) is 0 Å². The Bertz CT molecular complexity index is 540. The zero-order valence-electron chi connectivity index (χ0n) is 10.2. The molecule has 94 valence electrons. The lowest BCUT2D eigenvalue weighted by molar-refractivity contribution is 0.623. The smallest absolute Gasteiger partial charge is 0.123 e. The minimum atomic E-state index is -0.179. The van der Waals surface area contributed by atoms with Crippen molar-refractivity contribution in [2.45, 2.75) is 20.0 Å². The number of rotatable bonds is 4. The third-order valence-corrected chi connectivity index (χ3v) is 3.67. The number of hydrogen-bond acceptors (Lipinski definition) is 1. The molecular weight excluding hydrogens is 293 g/mol. The summed E-state index contributed by atoms with van der Waals surface area (Å²) in [7, 11) is 0. The van der Waals surface area contributed by atoms with Gasteiger partial charge in [-0.15, -0.1) is 0 Å². The van der Waals surface area contributed by atoms with Crippen molar-refractivity contribution in [2.75, 3.05) is 0 Å². The molecule has 0 aromatic heterocycles. The topological polar surface area (TPSA) is 12.0 Å². The van der Waals surface area contributed by atoms with E-state index in [1.54, 1.807) is 6.07 Å². The van der Waals surface area contributed by atoms with Crippen LogP contribution in [-0.4, -0.2) is 0 Å². The third kappa shape index (κ3) is 3.40. The summed E-state index contributed by atoms with van der Waals surface area (Å²) in [6, 6.07) is 13.0. The van der Waals surface area contributed by atoms with Gasteiger partial charge in [0.25, 0.3) is 0 Å². The van der Waals surface area contributed by atoms with Gasteiger partial charge in [-0.25, -0.2) is 4.39 Å². The van der Waals surface area contributed by atoms with Crippen molar-refractivity contribution >= 4 is 15.9 Å². The third-order valence-electron chi connectivity index (χ3n) is 2.89. The highest BCUT2D eigenvalue weighted by atomic mass is 79.9. The quantitative estimate of drug-likeness (QED) is 0.893. The first-order valence-electron chi connectivity index (χ1n) is 5.86. The van der Waals surface area contributed by atoms with Crippen molar-refractivity contribution in [3.05, 3.63) is 69.4 Å². The summed E-state index contributed by atoms with van der Waals surface area (Å²) in [4.78, 5) is 0. The first kappa shape index (κ1) is 13.2. The van der Waals surface area contributed by atoms with Crippen LogP contribution in [0.1, 0.15) is 16.7 Å². The van der Waals surface area contributed by atoms with E-state index in [0.717, 1.165) is 28.7 Å².